The van der Waals surface area contributed by atoms with E-state index in [-0.39, 0.29) is 5.91 Å². The number of hydrogen-bond donors (Lipinski definition) is 1. The van der Waals surface area contributed by atoms with Crippen molar-refractivity contribution in [3.63, 3.8) is 0 Å². The molecule has 1 amide bonds. The molecule has 2 aromatic rings. The van der Waals surface area contributed by atoms with E-state index in [0.717, 1.165) is 22.5 Å². The van der Waals surface area contributed by atoms with Gasteiger partial charge in [0.15, 0.2) is 5.16 Å². The molecule has 0 aliphatic heterocycles. The van der Waals surface area contributed by atoms with E-state index in [9.17, 15) is 4.79 Å². The second-order valence-electron chi connectivity index (χ2n) is 5.88. The summed E-state index contributed by atoms with van der Waals surface area (Å²) in [5, 5.41) is 21.5. The van der Waals surface area contributed by atoms with Crippen LogP contribution in [-0.4, -0.2) is 36.6 Å². The summed E-state index contributed by atoms with van der Waals surface area (Å²) in [7, 11) is 0. The number of nitrogens with one attached hydrogen (secondary N) is 1. The Morgan fingerprint density at radius 1 is 1.25 bits per heavy atom. The number of carbonyl (C=O) groups excluding carboxylic acids is 1. The third-order valence-electron chi connectivity index (χ3n) is 4.14. The number of carbonyl (C=O) groups is 1. The number of aromatic nitrogens is 5. The van der Waals surface area contributed by atoms with Crippen LogP contribution in [0.4, 0.5) is 5.13 Å². The van der Waals surface area contributed by atoms with E-state index >= 15 is 0 Å². The molecule has 3 rings (SSSR count). The van der Waals surface area contributed by atoms with Crippen molar-refractivity contribution in [1.29, 1.82) is 0 Å². The molecule has 9 heteroatoms. The summed E-state index contributed by atoms with van der Waals surface area (Å²) in [5.41, 5.74) is 0. The van der Waals surface area contributed by atoms with Gasteiger partial charge in [0.05, 0.1) is 5.75 Å². The molecule has 1 aliphatic rings. The van der Waals surface area contributed by atoms with Crippen LogP contribution in [0.2, 0.25) is 0 Å². The second kappa shape index (κ2) is 8.06. The van der Waals surface area contributed by atoms with Crippen LogP contribution in [0.1, 0.15) is 55.8 Å². The Morgan fingerprint density at radius 2 is 2.04 bits per heavy atom. The van der Waals surface area contributed by atoms with Crippen molar-refractivity contribution >= 4 is 34.1 Å². The van der Waals surface area contributed by atoms with Crippen molar-refractivity contribution in [3.8, 4) is 0 Å². The molecular formula is C15H22N6OS2. The van der Waals surface area contributed by atoms with Gasteiger partial charge in [-0.25, -0.2) is 0 Å². The predicted molar refractivity (Wildman–Crippen MR) is 95.5 cm³/mol. The molecule has 0 saturated heterocycles. The van der Waals surface area contributed by atoms with E-state index in [1.807, 2.05) is 6.92 Å². The Balaban J connectivity index is 1.60. The number of rotatable bonds is 6. The lowest BCUT2D eigenvalue weighted by atomic mass is 9.89. The molecule has 0 bridgehead atoms. The van der Waals surface area contributed by atoms with E-state index in [4.69, 9.17) is 0 Å². The number of hydrogen-bond acceptors (Lipinski definition) is 7. The van der Waals surface area contributed by atoms with Gasteiger partial charge in [-0.2, -0.15) is 0 Å². The summed E-state index contributed by atoms with van der Waals surface area (Å²) < 4.78 is 2.16. The Bertz CT molecular complexity index is 692. The van der Waals surface area contributed by atoms with Crippen molar-refractivity contribution in [2.24, 2.45) is 0 Å². The standard InChI is InChI=1S/C15H22N6OS2/c1-3-21-13(11-7-5-4-6-8-11)18-20-15(21)23-9-12(22)16-14-19-17-10(2)24-14/h11H,3-9H2,1-2H3,(H,16,19,22). The van der Waals surface area contributed by atoms with Gasteiger partial charge in [-0.1, -0.05) is 42.4 Å². The first-order valence-corrected chi connectivity index (χ1v) is 10.1. The van der Waals surface area contributed by atoms with Gasteiger partial charge in [0, 0.05) is 12.5 Å². The van der Waals surface area contributed by atoms with Crippen LogP contribution in [0.25, 0.3) is 0 Å². The lowest BCUT2D eigenvalue weighted by Crippen LogP contribution is -2.15. The lowest BCUT2D eigenvalue weighted by Gasteiger charge is -2.21. The van der Waals surface area contributed by atoms with Gasteiger partial charge in [-0.05, 0) is 26.7 Å². The summed E-state index contributed by atoms with van der Waals surface area (Å²) in [4.78, 5) is 12.1. The number of nitrogens with zero attached hydrogens (tertiary/aromatic N) is 5. The van der Waals surface area contributed by atoms with Gasteiger partial charge in [-0.15, -0.1) is 20.4 Å². The van der Waals surface area contributed by atoms with Gasteiger partial charge in [0.1, 0.15) is 10.8 Å². The topological polar surface area (TPSA) is 85.6 Å². The molecule has 1 fully saturated rings. The Morgan fingerprint density at radius 3 is 2.71 bits per heavy atom. The molecule has 24 heavy (non-hydrogen) atoms. The summed E-state index contributed by atoms with van der Waals surface area (Å²) in [5.74, 6) is 1.79. The van der Waals surface area contributed by atoms with Crippen LogP contribution in [0.3, 0.4) is 0 Å². The highest BCUT2D eigenvalue weighted by Gasteiger charge is 2.23. The van der Waals surface area contributed by atoms with Crippen molar-refractivity contribution in [1.82, 2.24) is 25.0 Å². The average molecular weight is 367 g/mol. The Hall–Kier alpha value is -1.48. The van der Waals surface area contributed by atoms with Gasteiger partial charge in [0.25, 0.3) is 0 Å². The molecule has 0 aromatic carbocycles. The van der Waals surface area contributed by atoms with Gasteiger partial charge in [-0.3, -0.25) is 10.1 Å². The first-order chi connectivity index (χ1) is 11.7. The maximum atomic E-state index is 12.1. The minimum atomic E-state index is -0.0963. The summed E-state index contributed by atoms with van der Waals surface area (Å²) in [6, 6.07) is 0. The molecular weight excluding hydrogens is 344 g/mol. The Kier molecular flexibility index (Phi) is 5.83. The smallest absolute Gasteiger partial charge is 0.236 e. The summed E-state index contributed by atoms with van der Waals surface area (Å²) in [6.07, 6.45) is 6.25. The zero-order valence-corrected chi connectivity index (χ0v) is 15.6. The molecule has 0 unspecified atom stereocenters. The van der Waals surface area contributed by atoms with Gasteiger partial charge < -0.3 is 4.57 Å². The molecule has 0 atom stereocenters. The van der Waals surface area contributed by atoms with Crippen molar-refractivity contribution in [2.45, 2.75) is 63.6 Å². The van der Waals surface area contributed by atoms with Crippen LogP contribution >= 0.6 is 23.1 Å². The highest BCUT2D eigenvalue weighted by molar-refractivity contribution is 7.99. The van der Waals surface area contributed by atoms with E-state index < -0.39 is 0 Å². The number of aryl methyl sites for hydroxylation is 1. The fourth-order valence-electron chi connectivity index (χ4n) is 3.00. The highest BCUT2D eigenvalue weighted by Crippen LogP contribution is 2.33. The van der Waals surface area contributed by atoms with E-state index in [1.54, 1.807) is 0 Å². The normalized spacial score (nSPS) is 15.6. The van der Waals surface area contributed by atoms with Crippen LogP contribution in [0, 0.1) is 6.92 Å². The van der Waals surface area contributed by atoms with E-state index in [0.29, 0.717) is 16.8 Å². The highest BCUT2D eigenvalue weighted by atomic mass is 32.2. The molecule has 130 valence electrons. The monoisotopic (exact) mass is 366 g/mol. The first-order valence-electron chi connectivity index (χ1n) is 8.33. The van der Waals surface area contributed by atoms with Crippen LogP contribution in [-0.2, 0) is 11.3 Å². The molecule has 7 nitrogen and oxygen atoms in total. The zero-order chi connectivity index (χ0) is 16.9. The minimum Gasteiger partial charge on any atom is -0.306 e. The van der Waals surface area contributed by atoms with Crippen molar-refractivity contribution in [3.05, 3.63) is 10.8 Å². The molecule has 2 aromatic heterocycles. The van der Waals surface area contributed by atoms with E-state index in [2.05, 4.69) is 37.2 Å². The Labute approximate surface area is 149 Å². The largest absolute Gasteiger partial charge is 0.306 e. The minimum absolute atomic E-state index is 0.0963. The predicted octanol–water partition coefficient (Wildman–Crippen LogP) is 3.24. The van der Waals surface area contributed by atoms with Crippen molar-refractivity contribution in [2.75, 3.05) is 11.1 Å². The fourth-order valence-corrected chi connectivity index (χ4v) is 4.42. The average Bonchev–Trinajstić information content (AvgIpc) is 3.19. The second-order valence-corrected chi connectivity index (χ2v) is 8.01. The number of anilines is 1. The van der Waals surface area contributed by atoms with Gasteiger partial charge >= 0.3 is 0 Å². The first kappa shape index (κ1) is 17.3. The summed E-state index contributed by atoms with van der Waals surface area (Å²) >= 11 is 2.80. The van der Waals surface area contributed by atoms with Crippen LogP contribution < -0.4 is 5.32 Å². The molecule has 1 N–H and O–H groups in total. The lowest BCUT2D eigenvalue weighted by molar-refractivity contribution is -0.113. The third-order valence-corrected chi connectivity index (χ3v) is 5.86. The molecule has 2 heterocycles. The SMILES string of the molecule is CCn1c(SCC(=O)Nc2nnc(C)s2)nnc1C1CCCCC1. The molecule has 1 saturated carbocycles. The van der Waals surface area contributed by atoms with Crippen LogP contribution in [0.5, 0.6) is 0 Å². The van der Waals surface area contributed by atoms with Crippen LogP contribution in [0.15, 0.2) is 5.16 Å². The molecule has 0 radical (unpaired) electrons. The van der Waals surface area contributed by atoms with Crippen molar-refractivity contribution < 1.29 is 4.79 Å². The number of amides is 1. The molecule has 1 aliphatic carbocycles. The number of thioether (sulfide) groups is 1. The quantitative estimate of drug-likeness (QED) is 0.790. The third kappa shape index (κ3) is 4.13. The maximum Gasteiger partial charge on any atom is 0.236 e. The zero-order valence-electron chi connectivity index (χ0n) is 14.0. The van der Waals surface area contributed by atoms with Gasteiger partial charge in [0.2, 0.25) is 11.0 Å². The summed E-state index contributed by atoms with van der Waals surface area (Å²) in [6.45, 7) is 4.79. The maximum absolute atomic E-state index is 12.1. The molecule has 0 spiro atoms. The van der Waals surface area contributed by atoms with E-state index in [1.165, 1.54) is 55.2 Å². The fraction of sp³-hybridized carbons (Fsp3) is 0.667.